The van der Waals surface area contributed by atoms with E-state index < -0.39 is 0 Å². The van der Waals surface area contributed by atoms with Crippen LogP contribution >= 0.6 is 0 Å². The Kier molecular flexibility index (Phi) is 3.13. The molecule has 0 atom stereocenters. The lowest BCUT2D eigenvalue weighted by Crippen LogP contribution is -2.05. The van der Waals surface area contributed by atoms with E-state index in [-0.39, 0.29) is 5.95 Å². The van der Waals surface area contributed by atoms with Gasteiger partial charge in [0.05, 0.1) is 11.1 Å². The summed E-state index contributed by atoms with van der Waals surface area (Å²) in [5, 5.41) is 0.973. The summed E-state index contributed by atoms with van der Waals surface area (Å²) in [5.74, 6) is 1.96. The number of rotatable bonds is 2. The maximum atomic E-state index is 6.05. The second-order valence-electron chi connectivity index (χ2n) is 5.40. The van der Waals surface area contributed by atoms with Crippen molar-refractivity contribution in [1.29, 1.82) is 0 Å². The van der Waals surface area contributed by atoms with Crippen LogP contribution in [0.25, 0.3) is 28.1 Å². The van der Waals surface area contributed by atoms with Gasteiger partial charge in [0.2, 0.25) is 5.95 Å². The summed E-state index contributed by atoms with van der Waals surface area (Å²) in [5.41, 5.74) is 14.3. The number of pyridine rings is 1. The first kappa shape index (κ1) is 14.1. The van der Waals surface area contributed by atoms with Crippen molar-refractivity contribution in [2.45, 2.75) is 6.92 Å². The molecule has 1 aromatic carbocycles. The SMILES string of the molecule is Cc1nc(N)nc(-c2cccnc2-n2ccc3c(N)cccc32)n1. The normalized spacial score (nSPS) is 11.0. The van der Waals surface area contributed by atoms with Gasteiger partial charge in [0.1, 0.15) is 11.6 Å². The van der Waals surface area contributed by atoms with Crippen LogP contribution in [0.5, 0.6) is 0 Å². The third-order valence-corrected chi connectivity index (χ3v) is 3.79. The quantitative estimate of drug-likeness (QED) is 0.549. The molecule has 118 valence electrons. The highest BCUT2D eigenvalue weighted by molar-refractivity contribution is 5.92. The molecule has 0 saturated carbocycles. The molecule has 0 aliphatic rings. The van der Waals surface area contributed by atoms with E-state index in [1.165, 1.54) is 0 Å². The summed E-state index contributed by atoms with van der Waals surface area (Å²) in [6.45, 7) is 1.78. The van der Waals surface area contributed by atoms with Crippen LogP contribution in [0.15, 0.2) is 48.8 Å². The summed E-state index contributed by atoms with van der Waals surface area (Å²) in [6.07, 6.45) is 3.67. The van der Waals surface area contributed by atoms with Crippen LogP contribution < -0.4 is 11.5 Å². The second-order valence-corrected chi connectivity index (χ2v) is 5.40. The standard InChI is InChI=1S/C17H15N7/c1-10-21-15(23-17(19)22-10)12-4-3-8-20-16(12)24-9-7-11-13(18)5-2-6-14(11)24/h2-9H,18H2,1H3,(H2,19,21,22,23). The van der Waals surface area contributed by atoms with Crippen LogP contribution in [0.2, 0.25) is 0 Å². The number of aryl methyl sites for hydroxylation is 1. The van der Waals surface area contributed by atoms with Gasteiger partial charge in [0, 0.05) is 23.5 Å². The molecule has 0 unspecified atom stereocenters. The zero-order chi connectivity index (χ0) is 16.7. The molecule has 0 aliphatic carbocycles. The lowest BCUT2D eigenvalue weighted by atomic mass is 10.2. The highest BCUT2D eigenvalue weighted by atomic mass is 15.1. The molecule has 7 nitrogen and oxygen atoms in total. The van der Waals surface area contributed by atoms with Crippen molar-refractivity contribution in [3.63, 3.8) is 0 Å². The predicted octanol–water partition coefficient (Wildman–Crippen LogP) is 2.35. The fraction of sp³-hybridized carbons (Fsp3) is 0.0588. The number of anilines is 2. The molecule has 4 rings (SSSR count). The predicted molar refractivity (Wildman–Crippen MR) is 93.5 cm³/mol. The summed E-state index contributed by atoms with van der Waals surface area (Å²) < 4.78 is 1.97. The number of aromatic nitrogens is 5. The average molecular weight is 317 g/mol. The van der Waals surface area contributed by atoms with Gasteiger partial charge in [-0.1, -0.05) is 6.07 Å². The Bertz CT molecular complexity index is 1030. The summed E-state index contributed by atoms with van der Waals surface area (Å²) >= 11 is 0. The van der Waals surface area contributed by atoms with E-state index in [0.717, 1.165) is 22.2 Å². The fourth-order valence-corrected chi connectivity index (χ4v) is 2.76. The van der Waals surface area contributed by atoms with Gasteiger partial charge in [-0.3, -0.25) is 0 Å². The molecular formula is C17H15N7. The zero-order valence-electron chi connectivity index (χ0n) is 13.0. The van der Waals surface area contributed by atoms with Gasteiger partial charge in [-0.15, -0.1) is 0 Å². The lowest BCUT2D eigenvalue weighted by Gasteiger charge is -2.10. The lowest BCUT2D eigenvalue weighted by molar-refractivity contribution is 0.981. The van der Waals surface area contributed by atoms with Gasteiger partial charge in [-0.2, -0.15) is 9.97 Å². The molecule has 3 heterocycles. The minimum Gasteiger partial charge on any atom is -0.398 e. The Morgan fingerprint density at radius 3 is 2.67 bits per heavy atom. The third-order valence-electron chi connectivity index (χ3n) is 3.79. The maximum Gasteiger partial charge on any atom is 0.223 e. The molecular weight excluding hydrogens is 302 g/mol. The minimum atomic E-state index is 0.189. The van der Waals surface area contributed by atoms with Crippen molar-refractivity contribution < 1.29 is 0 Å². The molecule has 0 spiro atoms. The van der Waals surface area contributed by atoms with E-state index in [9.17, 15) is 0 Å². The maximum absolute atomic E-state index is 6.05. The Hall–Kier alpha value is -3.48. The molecule has 0 radical (unpaired) electrons. The minimum absolute atomic E-state index is 0.189. The summed E-state index contributed by atoms with van der Waals surface area (Å²) in [6, 6.07) is 11.5. The first-order valence-corrected chi connectivity index (χ1v) is 7.43. The van der Waals surface area contributed by atoms with Crippen LogP contribution in [-0.2, 0) is 0 Å². The van der Waals surface area contributed by atoms with Crippen molar-refractivity contribution in [3.05, 3.63) is 54.6 Å². The number of hydrogen-bond acceptors (Lipinski definition) is 6. The van der Waals surface area contributed by atoms with Crippen molar-refractivity contribution in [2.24, 2.45) is 0 Å². The van der Waals surface area contributed by atoms with Gasteiger partial charge >= 0.3 is 0 Å². The van der Waals surface area contributed by atoms with Crippen molar-refractivity contribution in [1.82, 2.24) is 24.5 Å². The molecule has 4 aromatic rings. The number of benzene rings is 1. The van der Waals surface area contributed by atoms with Crippen LogP contribution in [-0.4, -0.2) is 24.5 Å². The molecule has 0 amide bonds. The van der Waals surface area contributed by atoms with Gasteiger partial charge < -0.3 is 16.0 Å². The second kappa shape index (κ2) is 5.31. The smallest absolute Gasteiger partial charge is 0.223 e. The van der Waals surface area contributed by atoms with Gasteiger partial charge in [-0.25, -0.2) is 9.97 Å². The van der Waals surface area contributed by atoms with Crippen LogP contribution in [0.3, 0.4) is 0 Å². The Morgan fingerprint density at radius 2 is 1.83 bits per heavy atom. The summed E-state index contributed by atoms with van der Waals surface area (Å²) in [4.78, 5) is 17.2. The summed E-state index contributed by atoms with van der Waals surface area (Å²) in [7, 11) is 0. The first-order chi connectivity index (χ1) is 11.6. The fourth-order valence-electron chi connectivity index (χ4n) is 2.76. The molecule has 7 heteroatoms. The van der Waals surface area contributed by atoms with E-state index in [1.54, 1.807) is 13.1 Å². The number of fused-ring (bicyclic) bond motifs is 1. The Labute approximate surface area is 138 Å². The number of nitrogen functional groups attached to an aromatic ring is 2. The van der Waals surface area contributed by atoms with E-state index in [4.69, 9.17) is 11.5 Å². The molecule has 4 N–H and O–H groups in total. The van der Waals surface area contributed by atoms with Gasteiger partial charge in [-0.05, 0) is 37.3 Å². The highest BCUT2D eigenvalue weighted by Gasteiger charge is 2.14. The van der Waals surface area contributed by atoms with Crippen molar-refractivity contribution in [2.75, 3.05) is 11.5 Å². The first-order valence-electron chi connectivity index (χ1n) is 7.43. The van der Waals surface area contributed by atoms with E-state index in [2.05, 4.69) is 19.9 Å². The topological polar surface area (TPSA) is 109 Å². The molecule has 0 saturated heterocycles. The monoisotopic (exact) mass is 317 g/mol. The molecule has 24 heavy (non-hydrogen) atoms. The molecule has 0 aliphatic heterocycles. The van der Waals surface area contributed by atoms with Crippen molar-refractivity contribution >= 4 is 22.5 Å². The number of nitrogens with zero attached hydrogens (tertiary/aromatic N) is 5. The molecule has 0 bridgehead atoms. The van der Waals surface area contributed by atoms with Crippen LogP contribution in [0.4, 0.5) is 11.6 Å². The molecule has 3 aromatic heterocycles. The zero-order valence-corrected chi connectivity index (χ0v) is 13.0. The van der Waals surface area contributed by atoms with Gasteiger partial charge in [0.25, 0.3) is 0 Å². The van der Waals surface area contributed by atoms with E-state index >= 15 is 0 Å². The van der Waals surface area contributed by atoms with Crippen LogP contribution in [0, 0.1) is 6.92 Å². The largest absolute Gasteiger partial charge is 0.398 e. The van der Waals surface area contributed by atoms with E-state index in [1.807, 2.05) is 47.2 Å². The molecule has 0 fully saturated rings. The van der Waals surface area contributed by atoms with Crippen LogP contribution in [0.1, 0.15) is 5.82 Å². The highest BCUT2D eigenvalue weighted by Crippen LogP contribution is 2.28. The van der Waals surface area contributed by atoms with Crippen molar-refractivity contribution in [3.8, 4) is 17.2 Å². The van der Waals surface area contributed by atoms with E-state index in [0.29, 0.717) is 17.5 Å². The Balaban J connectivity index is 1.98. The number of hydrogen-bond donors (Lipinski definition) is 2. The average Bonchev–Trinajstić information content (AvgIpc) is 2.99. The number of nitrogens with two attached hydrogens (primary N) is 2. The Morgan fingerprint density at radius 1 is 0.958 bits per heavy atom. The third kappa shape index (κ3) is 2.23. The van der Waals surface area contributed by atoms with Gasteiger partial charge in [0.15, 0.2) is 5.82 Å².